The molecule has 6 heteroatoms. The summed E-state index contributed by atoms with van der Waals surface area (Å²) in [6.07, 6.45) is 3.95. The van der Waals surface area contributed by atoms with Crippen molar-refractivity contribution in [3.8, 4) is 0 Å². The van der Waals surface area contributed by atoms with Crippen molar-refractivity contribution in [3.63, 3.8) is 0 Å². The lowest BCUT2D eigenvalue weighted by molar-refractivity contribution is 0.0761. The Morgan fingerprint density at radius 3 is 2.82 bits per heavy atom. The minimum atomic E-state index is 0.164. The van der Waals surface area contributed by atoms with Crippen molar-refractivity contribution in [3.05, 3.63) is 22.2 Å². The normalized spacial score (nSPS) is 17.3. The third-order valence-electron chi connectivity index (χ3n) is 2.85. The Morgan fingerprint density at radius 1 is 1.35 bits per heavy atom. The maximum Gasteiger partial charge on any atom is 0.223 e. The Kier molecular flexibility index (Phi) is 4.98. The summed E-state index contributed by atoms with van der Waals surface area (Å²) >= 11 is 11.5. The predicted octanol–water partition coefficient (Wildman–Crippen LogP) is 2.30. The van der Waals surface area contributed by atoms with Crippen molar-refractivity contribution >= 4 is 23.2 Å². The van der Waals surface area contributed by atoms with Gasteiger partial charge in [0.15, 0.2) is 0 Å². The number of hydrogen-bond acceptors (Lipinski definition) is 4. The molecule has 1 N–H and O–H groups in total. The lowest BCUT2D eigenvalue weighted by Gasteiger charge is -2.22. The van der Waals surface area contributed by atoms with Crippen LogP contribution in [0.4, 0.5) is 0 Å². The topological polar surface area (TPSA) is 47.0 Å². The molecular weight excluding hydrogens is 261 g/mol. The van der Waals surface area contributed by atoms with Gasteiger partial charge in [-0.15, -0.1) is 0 Å². The standard InChI is InChI=1S/C11H15Cl2N3O/c12-10-9(5-15-11(13)16-10)7-17-6-8-1-3-14-4-2-8/h5,8,14H,1-4,6-7H2. The van der Waals surface area contributed by atoms with Gasteiger partial charge in [0.2, 0.25) is 5.28 Å². The zero-order valence-corrected chi connectivity index (χ0v) is 11.0. The molecule has 1 saturated heterocycles. The summed E-state index contributed by atoms with van der Waals surface area (Å²) in [5, 5.41) is 3.86. The molecule has 94 valence electrons. The summed E-state index contributed by atoms with van der Waals surface area (Å²) in [7, 11) is 0. The van der Waals surface area contributed by atoms with Crippen molar-refractivity contribution in [2.75, 3.05) is 19.7 Å². The monoisotopic (exact) mass is 275 g/mol. The third kappa shape index (κ3) is 4.07. The average molecular weight is 276 g/mol. The average Bonchev–Trinajstić information content (AvgIpc) is 2.33. The van der Waals surface area contributed by atoms with E-state index in [1.165, 1.54) is 12.8 Å². The minimum Gasteiger partial charge on any atom is -0.376 e. The first kappa shape index (κ1) is 13.0. The maximum absolute atomic E-state index is 5.93. The van der Waals surface area contributed by atoms with Crippen LogP contribution in [0.2, 0.25) is 10.4 Å². The van der Waals surface area contributed by atoms with Gasteiger partial charge in [0.05, 0.1) is 6.61 Å². The van der Waals surface area contributed by atoms with Crippen molar-refractivity contribution in [1.82, 2.24) is 15.3 Å². The lowest BCUT2D eigenvalue weighted by atomic mass is 9.99. The Balaban J connectivity index is 1.77. The number of piperidine rings is 1. The van der Waals surface area contributed by atoms with Crippen molar-refractivity contribution in [2.24, 2.45) is 5.92 Å². The van der Waals surface area contributed by atoms with E-state index < -0.39 is 0 Å². The zero-order chi connectivity index (χ0) is 12.1. The molecule has 17 heavy (non-hydrogen) atoms. The van der Waals surface area contributed by atoms with Crippen LogP contribution in [0.15, 0.2) is 6.20 Å². The molecule has 0 saturated carbocycles. The van der Waals surface area contributed by atoms with Crippen LogP contribution in [-0.2, 0) is 11.3 Å². The smallest absolute Gasteiger partial charge is 0.223 e. The SMILES string of the molecule is Clc1ncc(COCC2CCNCC2)c(Cl)n1. The van der Waals surface area contributed by atoms with Crippen molar-refractivity contribution in [2.45, 2.75) is 19.4 Å². The van der Waals surface area contributed by atoms with E-state index >= 15 is 0 Å². The molecule has 0 unspecified atom stereocenters. The summed E-state index contributed by atoms with van der Waals surface area (Å²) in [5.74, 6) is 0.642. The number of nitrogens with zero attached hydrogens (tertiary/aromatic N) is 2. The number of aromatic nitrogens is 2. The van der Waals surface area contributed by atoms with Crippen LogP contribution in [0.3, 0.4) is 0 Å². The van der Waals surface area contributed by atoms with Crippen LogP contribution in [0.1, 0.15) is 18.4 Å². The van der Waals surface area contributed by atoms with Crippen LogP contribution >= 0.6 is 23.2 Å². The first-order valence-corrected chi connectivity index (χ1v) is 6.46. The largest absolute Gasteiger partial charge is 0.376 e. The molecule has 0 radical (unpaired) electrons. The second kappa shape index (κ2) is 6.50. The molecule has 0 amide bonds. The van der Waals surface area contributed by atoms with Crippen LogP contribution in [0, 0.1) is 5.92 Å². The molecule has 1 aliphatic rings. The molecule has 1 aromatic heterocycles. The van der Waals surface area contributed by atoms with Gasteiger partial charge in [-0.2, -0.15) is 0 Å². The molecule has 1 fully saturated rings. The highest BCUT2D eigenvalue weighted by Crippen LogP contribution is 2.17. The number of ether oxygens (including phenoxy) is 1. The fraction of sp³-hybridized carbons (Fsp3) is 0.636. The second-order valence-corrected chi connectivity index (χ2v) is 4.86. The van der Waals surface area contributed by atoms with Crippen LogP contribution in [0.25, 0.3) is 0 Å². The van der Waals surface area contributed by atoms with Gasteiger partial charge >= 0.3 is 0 Å². The molecule has 0 bridgehead atoms. The summed E-state index contributed by atoms with van der Waals surface area (Å²) in [5.41, 5.74) is 0.782. The fourth-order valence-corrected chi connectivity index (χ4v) is 2.21. The highest BCUT2D eigenvalue weighted by Gasteiger charge is 2.13. The van der Waals surface area contributed by atoms with Gasteiger partial charge in [0, 0.05) is 18.4 Å². The molecule has 1 aromatic rings. The first-order valence-electron chi connectivity index (χ1n) is 5.71. The molecule has 0 aromatic carbocycles. The summed E-state index contributed by atoms with van der Waals surface area (Å²) < 4.78 is 5.64. The molecule has 0 spiro atoms. The maximum atomic E-state index is 5.93. The molecule has 2 heterocycles. The Morgan fingerprint density at radius 2 is 2.12 bits per heavy atom. The van der Waals surface area contributed by atoms with Gasteiger partial charge in [0.1, 0.15) is 5.15 Å². The highest BCUT2D eigenvalue weighted by molar-refractivity contribution is 6.32. The molecule has 2 rings (SSSR count). The summed E-state index contributed by atoms with van der Waals surface area (Å²) in [6.45, 7) is 3.37. The Hall–Kier alpha value is -0.420. The van der Waals surface area contributed by atoms with Crippen LogP contribution in [-0.4, -0.2) is 29.7 Å². The van der Waals surface area contributed by atoms with Gasteiger partial charge in [-0.3, -0.25) is 0 Å². The van der Waals surface area contributed by atoms with E-state index in [1.54, 1.807) is 6.20 Å². The van der Waals surface area contributed by atoms with Gasteiger partial charge in [-0.1, -0.05) is 11.6 Å². The van der Waals surface area contributed by atoms with Crippen molar-refractivity contribution in [1.29, 1.82) is 0 Å². The predicted molar refractivity (Wildman–Crippen MR) is 67.3 cm³/mol. The zero-order valence-electron chi connectivity index (χ0n) is 9.46. The quantitative estimate of drug-likeness (QED) is 0.677. The van der Waals surface area contributed by atoms with Gasteiger partial charge in [-0.25, -0.2) is 9.97 Å². The second-order valence-electron chi connectivity index (χ2n) is 4.16. The van der Waals surface area contributed by atoms with Crippen molar-refractivity contribution < 1.29 is 4.74 Å². The lowest BCUT2D eigenvalue weighted by Crippen LogP contribution is -2.29. The molecule has 0 atom stereocenters. The van der Waals surface area contributed by atoms with Crippen LogP contribution in [0.5, 0.6) is 0 Å². The van der Waals surface area contributed by atoms with Gasteiger partial charge in [0.25, 0.3) is 0 Å². The fourth-order valence-electron chi connectivity index (χ4n) is 1.85. The Bertz CT molecular complexity index is 370. The summed E-state index contributed by atoms with van der Waals surface area (Å²) in [4.78, 5) is 7.75. The molecule has 0 aliphatic carbocycles. The van der Waals surface area contributed by atoms with E-state index in [-0.39, 0.29) is 5.28 Å². The Labute approximate surface area is 111 Å². The van der Waals surface area contributed by atoms with Gasteiger partial charge < -0.3 is 10.1 Å². The van der Waals surface area contributed by atoms with E-state index in [1.807, 2.05) is 0 Å². The van der Waals surface area contributed by atoms with E-state index in [4.69, 9.17) is 27.9 Å². The number of halogens is 2. The van der Waals surface area contributed by atoms with Crippen LogP contribution < -0.4 is 5.32 Å². The number of nitrogens with one attached hydrogen (secondary N) is 1. The van der Waals surface area contributed by atoms with Gasteiger partial charge in [-0.05, 0) is 43.5 Å². The molecule has 4 nitrogen and oxygen atoms in total. The first-order chi connectivity index (χ1) is 8.25. The highest BCUT2D eigenvalue weighted by atomic mass is 35.5. The number of rotatable bonds is 4. The van der Waals surface area contributed by atoms with E-state index in [9.17, 15) is 0 Å². The van der Waals surface area contributed by atoms with E-state index in [0.717, 1.165) is 25.3 Å². The molecular formula is C11H15Cl2N3O. The third-order valence-corrected chi connectivity index (χ3v) is 3.36. The minimum absolute atomic E-state index is 0.164. The number of hydrogen-bond donors (Lipinski definition) is 1. The molecule has 1 aliphatic heterocycles. The van der Waals surface area contributed by atoms with E-state index in [0.29, 0.717) is 17.7 Å². The summed E-state index contributed by atoms with van der Waals surface area (Å²) in [6, 6.07) is 0. The van der Waals surface area contributed by atoms with E-state index in [2.05, 4.69) is 15.3 Å².